The van der Waals surface area contributed by atoms with E-state index in [0.717, 1.165) is 5.54 Å². The molecule has 0 nitrogen and oxygen atoms in total. The Bertz CT molecular complexity index is 164. The molecule has 0 N–H and O–H groups in total. The van der Waals surface area contributed by atoms with E-state index in [1.165, 1.54) is 6.04 Å². The van der Waals surface area contributed by atoms with Gasteiger partial charge in [-0.3, -0.25) is 0 Å². The van der Waals surface area contributed by atoms with Crippen LogP contribution in [-0.4, -0.2) is 8.07 Å². The molecule has 0 saturated carbocycles. The minimum atomic E-state index is -1.25. The van der Waals surface area contributed by atoms with E-state index < -0.39 is 8.07 Å². The van der Waals surface area contributed by atoms with Crippen LogP contribution in [0.25, 0.3) is 0 Å². The van der Waals surface area contributed by atoms with Crippen molar-refractivity contribution in [1.29, 1.82) is 0 Å². The Balaban J connectivity index is 5.45. The van der Waals surface area contributed by atoms with Gasteiger partial charge in [-0.25, -0.2) is 0 Å². The van der Waals surface area contributed by atoms with Gasteiger partial charge < -0.3 is 0 Å². The third kappa shape index (κ3) is 2.08. The van der Waals surface area contributed by atoms with E-state index >= 15 is 0 Å². The molecule has 0 unspecified atom stereocenters. The Labute approximate surface area is 92.5 Å². The minimum absolute atomic E-state index is 0.508. The van der Waals surface area contributed by atoms with Crippen molar-refractivity contribution in [3.05, 3.63) is 0 Å². The molecule has 0 aliphatic carbocycles. The summed E-state index contributed by atoms with van der Waals surface area (Å²) < 4.78 is 0. The smallest absolute Gasteiger partial charge is 0.0666 e. The number of hydrogen-bond acceptors (Lipinski definition) is 0. The lowest BCUT2D eigenvalue weighted by molar-refractivity contribution is 0.582. The molecule has 0 amide bonds. The lowest BCUT2D eigenvalue weighted by atomic mass is 10.2. The first kappa shape index (κ1) is 14.2. The van der Waals surface area contributed by atoms with E-state index in [2.05, 4.69) is 62.3 Å². The SMILES string of the molecule is CC[Si](C(C)C)(C(C)(C)C)C(C)(C)C. The van der Waals surface area contributed by atoms with E-state index in [4.69, 9.17) is 0 Å². The molecule has 0 aliphatic rings. The van der Waals surface area contributed by atoms with Crippen molar-refractivity contribution in [2.75, 3.05) is 0 Å². The van der Waals surface area contributed by atoms with Gasteiger partial charge in [-0.15, -0.1) is 0 Å². The van der Waals surface area contributed by atoms with Crippen molar-refractivity contribution in [3.8, 4) is 0 Å². The van der Waals surface area contributed by atoms with Crippen LogP contribution >= 0.6 is 0 Å². The van der Waals surface area contributed by atoms with Crippen LogP contribution in [0, 0.1) is 0 Å². The molecule has 14 heavy (non-hydrogen) atoms. The Morgan fingerprint density at radius 1 is 0.857 bits per heavy atom. The lowest BCUT2D eigenvalue weighted by Gasteiger charge is -2.54. The summed E-state index contributed by atoms with van der Waals surface area (Å²) in [7, 11) is -1.25. The predicted octanol–water partition coefficient (Wildman–Crippen LogP) is 5.47. The maximum atomic E-state index is 2.45. The standard InChI is InChI=1S/C13H30Si/c1-10-14(11(2)3,12(4,5)6)13(7,8)9/h11H,10H2,1-9H3. The zero-order valence-corrected chi connectivity index (χ0v) is 12.8. The molecule has 0 fully saturated rings. The molecule has 0 radical (unpaired) electrons. The van der Waals surface area contributed by atoms with E-state index in [0.29, 0.717) is 10.1 Å². The zero-order chi connectivity index (χ0) is 11.8. The largest absolute Gasteiger partial charge is 0.0677 e. The average Bonchev–Trinajstić information content (AvgIpc) is 1.80. The zero-order valence-electron chi connectivity index (χ0n) is 11.8. The Hall–Kier alpha value is 0.217. The molecule has 0 aromatic heterocycles. The molecule has 0 bridgehead atoms. The lowest BCUT2D eigenvalue weighted by Crippen LogP contribution is -2.53. The molecule has 0 saturated heterocycles. The maximum Gasteiger partial charge on any atom is 0.0666 e. The molecule has 1 heteroatoms. The summed E-state index contributed by atoms with van der Waals surface area (Å²) in [5, 5.41) is 1.02. The number of hydrogen-bond donors (Lipinski definition) is 0. The molecule has 0 aliphatic heterocycles. The van der Waals surface area contributed by atoms with E-state index in [9.17, 15) is 0 Å². The van der Waals surface area contributed by atoms with Gasteiger partial charge in [-0.05, 0) is 10.1 Å². The van der Waals surface area contributed by atoms with Gasteiger partial charge in [0.05, 0.1) is 8.07 Å². The highest BCUT2D eigenvalue weighted by Gasteiger charge is 2.52. The molecule has 0 heterocycles. The first-order chi connectivity index (χ1) is 6.00. The van der Waals surface area contributed by atoms with Gasteiger partial charge in [0.1, 0.15) is 0 Å². The van der Waals surface area contributed by atoms with Crippen LogP contribution in [0.4, 0.5) is 0 Å². The molecule has 0 atom stereocenters. The van der Waals surface area contributed by atoms with E-state index in [1.807, 2.05) is 0 Å². The second kappa shape index (κ2) is 4.00. The first-order valence-electron chi connectivity index (χ1n) is 6.00. The van der Waals surface area contributed by atoms with Gasteiger partial charge in [-0.1, -0.05) is 73.9 Å². The van der Waals surface area contributed by atoms with E-state index in [1.54, 1.807) is 0 Å². The fraction of sp³-hybridized carbons (Fsp3) is 1.00. The maximum absolute atomic E-state index is 2.45. The molecule has 0 aromatic rings. The highest BCUT2D eigenvalue weighted by molar-refractivity contribution is 6.86. The molecule has 0 spiro atoms. The quantitative estimate of drug-likeness (QED) is 0.535. The Morgan fingerprint density at radius 3 is 1.14 bits per heavy atom. The summed E-state index contributed by atoms with van der Waals surface area (Å²) in [5.41, 5.74) is 0.868. The van der Waals surface area contributed by atoms with Crippen molar-refractivity contribution in [2.45, 2.75) is 84.0 Å². The summed E-state index contributed by atoms with van der Waals surface area (Å²) >= 11 is 0. The van der Waals surface area contributed by atoms with Gasteiger partial charge in [0.2, 0.25) is 0 Å². The topological polar surface area (TPSA) is 0 Å². The second-order valence-corrected chi connectivity index (χ2v) is 13.8. The average molecular weight is 214 g/mol. The molecule has 86 valence electrons. The Morgan fingerprint density at radius 2 is 1.14 bits per heavy atom. The van der Waals surface area contributed by atoms with Gasteiger partial charge in [0, 0.05) is 0 Å². The third-order valence-electron chi connectivity index (χ3n) is 4.22. The molecular weight excluding hydrogens is 184 g/mol. The third-order valence-corrected chi connectivity index (χ3v) is 12.7. The normalized spacial score (nSPS) is 15.0. The summed E-state index contributed by atoms with van der Waals surface area (Å²) in [6.45, 7) is 22.0. The van der Waals surface area contributed by atoms with Gasteiger partial charge >= 0.3 is 0 Å². The predicted molar refractivity (Wildman–Crippen MR) is 70.8 cm³/mol. The van der Waals surface area contributed by atoms with Crippen LogP contribution in [-0.2, 0) is 0 Å². The van der Waals surface area contributed by atoms with Gasteiger partial charge in [-0.2, -0.15) is 0 Å². The summed E-state index contributed by atoms with van der Waals surface area (Å²) in [4.78, 5) is 0. The summed E-state index contributed by atoms with van der Waals surface area (Å²) in [6.07, 6.45) is 0. The molecule has 0 aromatic carbocycles. The van der Waals surface area contributed by atoms with Crippen LogP contribution < -0.4 is 0 Å². The molecular formula is C13H30Si. The summed E-state index contributed by atoms with van der Waals surface area (Å²) in [5.74, 6) is 0. The van der Waals surface area contributed by atoms with Crippen LogP contribution in [0.1, 0.15) is 62.3 Å². The van der Waals surface area contributed by atoms with Crippen molar-refractivity contribution < 1.29 is 0 Å². The first-order valence-corrected chi connectivity index (χ1v) is 8.29. The summed E-state index contributed by atoms with van der Waals surface area (Å²) in [6, 6.07) is 1.40. The van der Waals surface area contributed by atoms with Crippen molar-refractivity contribution in [1.82, 2.24) is 0 Å². The fourth-order valence-electron chi connectivity index (χ4n) is 4.33. The Kier molecular flexibility index (Phi) is 4.06. The van der Waals surface area contributed by atoms with Crippen LogP contribution in [0.3, 0.4) is 0 Å². The van der Waals surface area contributed by atoms with Crippen molar-refractivity contribution >= 4 is 8.07 Å². The second-order valence-electron chi connectivity index (χ2n) is 6.98. The van der Waals surface area contributed by atoms with Crippen molar-refractivity contribution in [3.63, 3.8) is 0 Å². The van der Waals surface area contributed by atoms with Gasteiger partial charge in [0.25, 0.3) is 0 Å². The van der Waals surface area contributed by atoms with Crippen LogP contribution in [0.2, 0.25) is 21.7 Å². The fourth-order valence-corrected chi connectivity index (χ4v) is 13.0. The van der Waals surface area contributed by atoms with Crippen LogP contribution in [0.5, 0.6) is 0 Å². The minimum Gasteiger partial charge on any atom is -0.0677 e. The monoisotopic (exact) mass is 214 g/mol. The van der Waals surface area contributed by atoms with Crippen molar-refractivity contribution in [2.24, 2.45) is 0 Å². The highest BCUT2D eigenvalue weighted by atomic mass is 28.3. The van der Waals surface area contributed by atoms with Gasteiger partial charge in [0.15, 0.2) is 0 Å². The number of rotatable bonds is 2. The van der Waals surface area contributed by atoms with E-state index in [-0.39, 0.29) is 0 Å². The van der Waals surface area contributed by atoms with Crippen LogP contribution in [0.15, 0.2) is 0 Å². The highest BCUT2D eigenvalue weighted by Crippen LogP contribution is 2.58. The molecule has 0 rings (SSSR count).